The van der Waals surface area contributed by atoms with E-state index in [1.54, 1.807) is 19.1 Å². The number of H-pyrrole nitrogens is 1. The lowest BCUT2D eigenvalue weighted by Gasteiger charge is -2.08. The zero-order chi connectivity index (χ0) is 17.0. The maximum absolute atomic E-state index is 11.5. The Kier molecular flexibility index (Phi) is 4.71. The Labute approximate surface area is 141 Å². The summed E-state index contributed by atoms with van der Waals surface area (Å²) in [6.45, 7) is 2.34. The van der Waals surface area contributed by atoms with Crippen molar-refractivity contribution in [1.82, 2.24) is 9.97 Å². The van der Waals surface area contributed by atoms with Gasteiger partial charge in [0.25, 0.3) is 0 Å². The van der Waals surface area contributed by atoms with E-state index in [1.165, 1.54) is 17.1 Å². The van der Waals surface area contributed by atoms with Crippen LogP contribution in [0.3, 0.4) is 0 Å². The molecule has 0 aliphatic carbocycles. The van der Waals surface area contributed by atoms with Gasteiger partial charge in [-0.15, -0.1) is 0 Å². The average molecular weight is 344 g/mol. The summed E-state index contributed by atoms with van der Waals surface area (Å²) in [5.41, 5.74) is 2.86. The van der Waals surface area contributed by atoms with E-state index in [9.17, 15) is 8.42 Å². The van der Waals surface area contributed by atoms with Crippen LogP contribution in [0.15, 0.2) is 48.8 Å². The number of para-hydroxylation sites is 1. The Morgan fingerprint density at radius 3 is 2.75 bits per heavy atom. The zero-order valence-electron chi connectivity index (χ0n) is 13.4. The summed E-state index contributed by atoms with van der Waals surface area (Å²) in [7, 11) is -3.27. The van der Waals surface area contributed by atoms with Crippen LogP contribution in [-0.4, -0.2) is 30.7 Å². The molecule has 0 amide bonds. The van der Waals surface area contributed by atoms with E-state index >= 15 is 0 Å². The third-order valence-corrected chi connectivity index (χ3v) is 5.10. The number of rotatable bonds is 7. The fraction of sp³-hybridized carbons (Fsp3) is 0.235. The number of sulfonamides is 1. The van der Waals surface area contributed by atoms with E-state index in [-0.39, 0.29) is 5.75 Å². The highest BCUT2D eigenvalue weighted by atomic mass is 32.2. The molecule has 2 heterocycles. The minimum absolute atomic E-state index is 0.0393. The molecule has 0 unspecified atom stereocenters. The predicted octanol–water partition coefficient (Wildman–Crippen LogP) is 2.98. The topological polar surface area (TPSA) is 86.9 Å². The molecule has 0 spiro atoms. The molecule has 0 aliphatic rings. The second-order valence-electron chi connectivity index (χ2n) is 5.47. The van der Waals surface area contributed by atoms with Gasteiger partial charge >= 0.3 is 0 Å². The largest absolute Gasteiger partial charge is 0.370 e. The van der Waals surface area contributed by atoms with Crippen LogP contribution in [0.25, 0.3) is 10.9 Å². The van der Waals surface area contributed by atoms with Crippen LogP contribution in [-0.2, 0) is 16.4 Å². The lowest BCUT2D eigenvalue weighted by molar-refractivity contribution is 0.602. The van der Waals surface area contributed by atoms with Gasteiger partial charge in [0.1, 0.15) is 5.82 Å². The van der Waals surface area contributed by atoms with E-state index in [0.29, 0.717) is 11.5 Å². The summed E-state index contributed by atoms with van der Waals surface area (Å²) < 4.78 is 25.5. The molecule has 126 valence electrons. The normalized spacial score (nSPS) is 11.5. The molecule has 6 nitrogen and oxygen atoms in total. The fourth-order valence-corrected chi connectivity index (χ4v) is 3.10. The van der Waals surface area contributed by atoms with Gasteiger partial charge in [-0.3, -0.25) is 4.72 Å². The average Bonchev–Trinajstić information content (AvgIpc) is 3.00. The molecule has 0 radical (unpaired) electrons. The predicted molar refractivity (Wildman–Crippen MR) is 97.8 cm³/mol. The Morgan fingerprint density at radius 1 is 1.17 bits per heavy atom. The molecule has 2 aromatic heterocycles. The smallest absolute Gasteiger partial charge is 0.232 e. The van der Waals surface area contributed by atoms with Crippen molar-refractivity contribution >= 4 is 32.4 Å². The molecule has 3 N–H and O–H groups in total. The summed E-state index contributed by atoms with van der Waals surface area (Å²) in [5.74, 6) is 0.756. The van der Waals surface area contributed by atoms with Crippen molar-refractivity contribution in [2.45, 2.75) is 13.3 Å². The van der Waals surface area contributed by atoms with E-state index in [0.717, 1.165) is 18.5 Å². The first-order valence-electron chi connectivity index (χ1n) is 7.83. The molecule has 3 rings (SSSR count). The standard InChI is InChI=1S/C17H20N4O2S/c1-2-24(22,23)21-14-7-8-17(20-12-14)18-10-9-13-11-19-16-6-4-3-5-15(13)16/h3-8,11-12,19,21H,2,9-10H2,1H3,(H,18,20). The summed E-state index contributed by atoms with van der Waals surface area (Å²) in [5, 5.41) is 4.48. The van der Waals surface area contributed by atoms with Gasteiger partial charge in [0.15, 0.2) is 0 Å². The van der Waals surface area contributed by atoms with Gasteiger partial charge in [-0.2, -0.15) is 0 Å². The third-order valence-electron chi connectivity index (χ3n) is 3.79. The van der Waals surface area contributed by atoms with Gasteiger partial charge < -0.3 is 10.3 Å². The second-order valence-corrected chi connectivity index (χ2v) is 7.48. The van der Waals surface area contributed by atoms with Crippen LogP contribution in [0, 0.1) is 0 Å². The first kappa shape index (κ1) is 16.3. The SMILES string of the molecule is CCS(=O)(=O)Nc1ccc(NCCc2c[nH]c3ccccc23)nc1. The molecule has 1 aromatic carbocycles. The highest BCUT2D eigenvalue weighted by Gasteiger charge is 2.07. The number of aromatic nitrogens is 2. The minimum Gasteiger partial charge on any atom is -0.370 e. The van der Waals surface area contributed by atoms with Gasteiger partial charge in [-0.05, 0) is 37.1 Å². The van der Waals surface area contributed by atoms with Crippen LogP contribution >= 0.6 is 0 Å². The van der Waals surface area contributed by atoms with E-state index in [4.69, 9.17) is 0 Å². The molecule has 0 atom stereocenters. The molecule has 3 aromatic rings. The van der Waals surface area contributed by atoms with Gasteiger partial charge in [0.2, 0.25) is 10.0 Å². The third kappa shape index (κ3) is 3.86. The van der Waals surface area contributed by atoms with E-state index in [1.807, 2.05) is 18.3 Å². The summed E-state index contributed by atoms with van der Waals surface area (Å²) in [6, 6.07) is 11.7. The van der Waals surface area contributed by atoms with Gasteiger partial charge in [-0.25, -0.2) is 13.4 Å². The van der Waals surface area contributed by atoms with Crippen molar-refractivity contribution in [2.75, 3.05) is 22.3 Å². The Bertz CT molecular complexity index is 917. The van der Waals surface area contributed by atoms with E-state index in [2.05, 4.69) is 32.1 Å². The lowest BCUT2D eigenvalue weighted by atomic mass is 10.1. The number of hydrogen-bond acceptors (Lipinski definition) is 4. The minimum atomic E-state index is -3.27. The van der Waals surface area contributed by atoms with Crippen LogP contribution in [0.5, 0.6) is 0 Å². The number of anilines is 2. The van der Waals surface area contributed by atoms with Gasteiger partial charge in [0, 0.05) is 23.6 Å². The molecule has 0 bridgehead atoms. The van der Waals surface area contributed by atoms with Gasteiger partial charge in [0.05, 0.1) is 17.6 Å². The fourth-order valence-electron chi connectivity index (χ4n) is 2.47. The maximum Gasteiger partial charge on any atom is 0.232 e. The van der Waals surface area contributed by atoms with Crippen LogP contribution < -0.4 is 10.0 Å². The van der Waals surface area contributed by atoms with Crippen LogP contribution in [0.1, 0.15) is 12.5 Å². The van der Waals surface area contributed by atoms with Gasteiger partial charge in [-0.1, -0.05) is 18.2 Å². The van der Waals surface area contributed by atoms with Crippen LogP contribution in [0.2, 0.25) is 0 Å². The molecule has 0 saturated heterocycles. The summed E-state index contributed by atoms with van der Waals surface area (Å²) in [6.07, 6.45) is 4.42. The highest BCUT2D eigenvalue weighted by Crippen LogP contribution is 2.18. The quantitative estimate of drug-likeness (QED) is 0.615. The number of pyridine rings is 1. The first-order chi connectivity index (χ1) is 11.6. The molecule has 0 fully saturated rings. The second kappa shape index (κ2) is 6.92. The number of hydrogen-bond donors (Lipinski definition) is 3. The molecular formula is C17H20N4O2S. The number of aromatic amines is 1. The Balaban J connectivity index is 1.57. The summed E-state index contributed by atoms with van der Waals surface area (Å²) in [4.78, 5) is 7.50. The van der Waals surface area contributed by atoms with Crippen molar-refractivity contribution in [3.05, 3.63) is 54.4 Å². The number of nitrogens with zero attached hydrogens (tertiary/aromatic N) is 1. The van der Waals surface area contributed by atoms with Crippen molar-refractivity contribution in [1.29, 1.82) is 0 Å². The number of fused-ring (bicyclic) bond motifs is 1. The molecular weight excluding hydrogens is 324 g/mol. The van der Waals surface area contributed by atoms with Crippen molar-refractivity contribution in [3.63, 3.8) is 0 Å². The molecule has 0 aliphatic heterocycles. The highest BCUT2D eigenvalue weighted by molar-refractivity contribution is 7.92. The van der Waals surface area contributed by atoms with E-state index < -0.39 is 10.0 Å². The number of nitrogens with one attached hydrogen (secondary N) is 3. The summed E-state index contributed by atoms with van der Waals surface area (Å²) >= 11 is 0. The van der Waals surface area contributed by atoms with Crippen molar-refractivity contribution in [2.24, 2.45) is 0 Å². The Morgan fingerprint density at radius 2 is 2.00 bits per heavy atom. The Hall–Kier alpha value is -2.54. The zero-order valence-corrected chi connectivity index (χ0v) is 14.2. The lowest BCUT2D eigenvalue weighted by Crippen LogP contribution is -2.14. The monoisotopic (exact) mass is 344 g/mol. The van der Waals surface area contributed by atoms with Crippen molar-refractivity contribution in [3.8, 4) is 0 Å². The molecule has 24 heavy (non-hydrogen) atoms. The molecule has 7 heteroatoms. The number of benzene rings is 1. The van der Waals surface area contributed by atoms with Crippen molar-refractivity contribution < 1.29 is 8.42 Å². The molecule has 0 saturated carbocycles. The first-order valence-corrected chi connectivity index (χ1v) is 9.48. The van der Waals surface area contributed by atoms with Crippen LogP contribution in [0.4, 0.5) is 11.5 Å². The maximum atomic E-state index is 11.5.